The van der Waals surface area contributed by atoms with Crippen LogP contribution in [0.15, 0.2) is 30.3 Å². The van der Waals surface area contributed by atoms with Crippen molar-refractivity contribution < 1.29 is 14.3 Å². The van der Waals surface area contributed by atoms with Gasteiger partial charge in [0.1, 0.15) is 12.9 Å². The summed E-state index contributed by atoms with van der Waals surface area (Å²) in [6, 6.07) is 9.63. The minimum Gasteiger partial charge on any atom is -0.461 e. The van der Waals surface area contributed by atoms with Crippen LogP contribution in [0.5, 0.6) is 0 Å². The standard InChI is InChI=1S/C15H20O3/c1-2-14(10-6-7-11-16)15(17)18-12-13-8-4-3-5-9-13/h3-5,8-9,11,14H,2,6-7,10,12H2,1H3. The molecule has 1 rings (SSSR count). The maximum atomic E-state index is 11.8. The van der Waals surface area contributed by atoms with Gasteiger partial charge in [0.15, 0.2) is 0 Å². The van der Waals surface area contributed by atoms with E-state index in [0.717, 1.165) is 31.1 Å². The number of aldehydes is 1. The van der Waals surface area contributed by atoms with E-state index >= 15 is 0 Å². The fourth-order valence-corrected chi connectivity index (χ4v) is 1.78. The second kappa shape index (κ2) is 8.45. The molecule has 0 amide bonds. The van der Waals surface area contributed by atoms with E-state index < -0.39 is 0 Å². The van der Waals surface area contributed by atoms with Crippen LogP contribution >= 0.6 is 0 Å². The van der Waals surface area contributed by atoms with Crippen LogP contribution in [0.4, 0.5) is 0 Å². The predicted octanol–water partition coefficient (Wildman–Crippen LogP) is 3.13. The number of esters is 1. The van der Waals surface area contributed by atoms with Gasteiger partial charge in [-0.1, -0.05) is 37.3 Å². The number of carbonyl (C=O) groups is 2. The molecule has 1 atom stereocenters. The van der Waals surface area contributed by atoms with E-state index in [9.17, 15) is 9.59 Å². The highest BCUT2D eigenvalue weighted by atomic mass is 16.5. The molecule has 0 spiro atoms. The van der Waals surface area contributed by atoms with E-state index in [1.807, 2.05) is 37.3 Å². The van der Waals surface area contributed by atoms with Gasteiger partial charge in [-0.3, -0.25) is 4.79 Å². The molecule has 0 aliphatic heterocycles. The largest absolute Gasteiger partial charge is 0.461 e. The highest BCUT2D eigenvalue weighted by Gasteiger charge is 2.17. The van der Waals surface area contributed by atoms with Crippen molar-refractivity contribution in [2.24, 2.45) is 5.92 Å². The number of rotatable bonds is 8. The zero-order valence-electron chi connectivity index (χ0n) is 10.8. The van der Waals surface area contributed by atoms with E-state index in [1.165, 1.54) is 0 Å². The van der Waals surface area contributed by atoms with Gasteiger partial charge in [0.2, 0.25) is 0 Å². The molecule has 0 aliphatic carbocycles. The van der Waals surface area contributed by atoms with E-state index in [0.29, 0.717) is 13.0 Å². The topological polar surface area (TPSA) is 43.4 Å². The van der Waals surface area contributed by atoms with Crippen LogP contribution in [0.3, 0.4) is 0 Å². The normalized spacial score (nSPS) is 11.8. The Morgan fingerprint density at radius 1 is 1.33 bits per heavy atom. The lowest BCUT2D eigenvalue weighted by Crippen LogP contribution is -2.17. The molecule has 0 N–H and O–H groups in total. The van der Waals surface area contributed by atoms with Gasteiger partial charge in [-0.25, -0.2) is 0 Å². The Bertz CT molecular complexity index is 359. The minimum absolute atomic E-state index is 0.0892. The Morgan fingerprint density at radius 2 is 2.06 bits per heavy atom. The zero-order valence-corrected chi connectivity index (χ0v) is 10.8. The minimum atomic E-state index is -0.160. The first-order valence-electron chi connectivity index (χ1n) is 6.42. The molecule has 0 aliphatic rings. The highest BCUT2D eigenvalue weighted by Crippen LogP contribution is 2.15. The maximum Gasteiger partial charge on any atom is 0.309 e. The summed E-state index contributed by atoms with van der Waals surface area (Å²) < 4.78 is 5.28. The summed E-state index contributed by atoms with van der Waals surface area (Å²) in [4.78, 5) is 22.1. The summed E-state index contributed by atoms with van der Waals surface area (Å²) in [7, 11) is 0. The average molecular weight is 248 g/mol. The molecule has 0 heterocycles. The molecule has 1 aromatic rings. The molecule has 98 valence electrons. The summed E-state index contributed by atoms with van der Waals surface area (Å²) in [6.45, 7) is 2.29. The summed E-state index contributed by atoms with van der Waals surface area (Å²) >= 11 is 0. The molecular weight excluding hydrogens is 228 g/mol. The van der Waals surface area contributed by atoms with Gasteiger partial charge in [0.25, 0.3) is 0 Å². The molecule has 0 aromatic heterocycles. The third-order valence-corrected chi connectivity index (χ3v) is 2.92. The fourth-order valence-electron chi connectivity index (χ4n) is 1.78. The van der Waals surface area contributed by atoms with Crippen LogP contribution in [0.1, 0.15) is 38.2 Å². The Balaban J connectivity index is 2.35. The summed E-state index contributed by atoms with van der Waals surface area (Å²) in [5.74, 6) is -0.249. The monoisotopic (exact) mass is 248 g/mol. The van der Waals surface area contributed by atoms with Crippen LogP contribution in [-0.2, 0) is 20.9 Å². The van der Waals surface area contributed by atoms with E-state index in [4.69, 9.17) is 4.74 Å². The lowest BCUT2D eigenvalue weighted by molar-refractivity contribution is -0.150. The molecule has 18 heavy (non-hydrogen) atoms. The van der Waals surface area contributed by atoms with Crippen molar-refractivity contribution in [3.63, 3.8) is 0 Å². The van der Waals surface area contributed by atoms with Gasteiger partial charge in [-0.2, -0.15) is 0 Å². The third kappa shape index (κ3) is 5.13. The van der Waals surface area contributed by atoms with Gasteiger partial charge >= 0.3 is 5.97 Å². The second-order valence-electron chi connectivity index (χ2n) is 4.30. The van der Waals surface area contributed by atoms with Crippen molar-refractivity contribution in [1.82, 2.24) is 0 Å². The molecule has 0 radical (unpaired) electrons. The molecule has 1 unspecified atom stereocenters. The lowest BCUT2D eigenvalue weighted by atomic mass is 10.00. The van der Waals surface area contributed by atoms with Gasteiger partial charge in [0.05, 0.1) is 5.92 Å². The molecule has 0 fully saturated rings. The molecule has 3 nitrogen and oxygen atoms in total. The van der Waals surface area contributed by atoms with E-state index in [-0.39, 0.29) is 11.9 Å². The van der Waals surface area contributed by atoms with Gasteiger partial charge in [0, 0.05) is 6.42 Å². The van der Waals surface area contributed by atoms with Crippen molar-refractivity contribution in [3.8, 4) is 0 Å². The first-order valence-corrected chi connectivity index (χ1v) is 6.42. The van der Waals surface area contributed by atoms with E-state index in [1.54, 1.807) is 0 Å². The smallest absolute Gasteiger partial charge is 0.309 e. The summed E-state index contributed by atoms with van der Waals surface area (Å²) in [5, 5.41) is 0. The predicted molar refractivity (Wildman–Crippen MR) is 69.9 cm³/mol. The first kappa shape index (κ1) is 14.4. The Kier molecular flexibility index (Phi) is 6.77. The van der Waals surface area contributed by atoms with Crippen LogP contribution in [0, 0.1) is 5.92 Å². The second-order valence-corrected chi connectivity index (χ2v) is 4.30. The molecular formula is C15H20O3. The number of hydrogen-bond donors (Lipinski definition) is 0. The van der Waals surface area contributed by atoms with Crippen LogP contribution in [0.2, 0.25) is 0 Å². The molecule has 0 saturated heterocycles. The first-order chi connectivity index (χ1) is 8.77. The SMILES string of the molecule is CCC(CCCC=O)C(=O)OCc1ccccc1. The number of unbranched alkanes of at least 4 members (excludes halogenated alkanes) is 1. The van der Waals surface area contributed by atoms with Crippen LogP contribution in [0.25, 0.3) is 0 Å². The number of hydrogen-bond acceptors (Lipinski definition) is 3. The fraction of sp³-hybridized carbons (Fsp3) is 0.467. The summed E-state index contributed by atoms with van der Waals surface area (Å²) in [5.41, 5.74) is 0.994. The number of benzene rings is 1. The van der Waals surface area contributed by atoms with Crippen molar-refractivity contribution >= 4 is 12.3 Å². The van der Waals surface area contributed by atoms with Crippen molar-refractivity contribution in [3.05, 3.63) is 35.9 Å². The maximum absolute atomic E-state index is 11.8. The quantitative estimate of drug-likeness (QED) is 0.403. The van der Waals surface area contributed by atoms with Crippen molar-refractivity contribution in [2.45, 2.75) is 39.2 Å². The molecule has 0 saturated carbocycles. The Hall–Kier alpha value is -1.64. The Labute approximate surface area is 108 Å². The average Bonchev–Trinajstić information content (AvgIpc) is 2.42. The Morgan fingerprint density at radius 3 is 2.67 bits per heavy atom. The number of carbonyl (C=O) groups excluding carboxylic acids is 2. The van der Waals surface area contributed by atoms with E-state index in [2.05, 4.69) is 0 Å². The van der Waals surface area contributed by atoms with Gasteiger partial charge < -0.3 is 9.53 Å². The van der Waals surface area contributed by atoms with Gasteiger partial charge in [-0.05, 0) is 24.8 Å². The summed E-state index contributed by atoms with van der Waals surface area (Å²) in [6.07, 6.45) is 3.64. The van der Waals surface area contributed by atoms with Crippen molar-refractivity contribution in [2.75, 3.05) is 0 Å². The van der Waals surface area contributed by atoms with Crippen molar-refractivity contribution in [1.29, 1.82) is 0 Å². The van der Waals surface area contributed by atoms with Gasteiger partial charge in [-0.15, -0.1) is 0 Å². The zero-order chi connectivity index (χ0) is 13.2. The molecule has 0 bridgehead atoms. The number of ether oxygens (including phenoxy) is 1. The third-order valence-electron chi connectivity index (χ3n) is 2.92. The molecule has 3 heteroatoms. The molecule has 1 aromatic carbocycles. The lowest BCUT2D eigenvalue weighted by Gasteiger charge is -2.13. The van der Waals surface area contributed by atoms with Crippen LogP contribution in [-0.4, -0.2) is 12.3 Å². The van der Waals surface area contributed by atoms with Crippen LogP contribution < -0.4 is 0 Å². The highest BCUT2D eigenvalue weighted by molar-refractivity contribution is 5.72.